The Labute approximate surface area is 127 Å². The first-order chi connectivity index (χ1) is 8.99. The molecule has 0 bridgehead atoms. The van der Waals surface area contributed by atoms with Crippen molar-refractivity contribution in [3.63, 3.8) is 0 Å². The van der Waals surface area contributed by atoms with E-state index in [0.717, 1.165) is 27.4 Å². The summed E-state index contributed by atoms with van der Waals surface area (Å²) in [5.41, 5.74) is 3.34. The fraction of sp³-hybridized carbons (Fsp3) is 0.357. The van der Waals surface area contributed by atoms with Gasteiger partial charge in [0.25, 0.3) is 0 Å². The van der Waals surface area contributed by atoms with Crippen LogP contribution < -0.4 is 5.32 Å². The van der Waals surface area contributed by atoms with Crippen LogP contribution in [0.15, 0.2) is 28.7 Å². The summed E-state index contributed by atoms with van der Waals surface area (Å²) in [5, 5.41) is 8.64. The molecule has 2 rings (SSSR count). The zero-order chi connectivity index (χ0) is 14.0. The largest absolute Gasteiger partial charge is 0.305 e. The number of aromatic nitrogens is 2. The summed E-state index contributed by atoms with van der Waals surface area (Å²) in [7, 11) is 1.96. The zero-order valence-electron chi connectivity index (χ0n) is 11.2. The molecule has 0 radical (unpaired) electrons. The van der Waals surface area contributed by atoms with Gasteiger partial charge in [-0.25, -0.2) is 0 Å². The minimum Gasteiger partial charge on any atom is -0.305 e. The Morgan fingerprint density at radius 2 is 2.21 bits per heavy atom. The van der Waals surface area contributed by atoms with Crippen LogP contribution >= 0.6 is 27.5 Å². The van der Waals surface area contributed by atoms with E-state index in [4.69, 9.17) is 11.6 Å². The van der Waals surface area contributed by atoms with E-state index in [-0.39, 0.29) is 6.04 Å². The molecule has 1 N–H and O–H groups in total. The Morgan fingerprint density at radius 1 is 1.47 bits per heavy atom. The van der Waals surface area contributed by atoms with E-state index in [9.17, 15) is 0 Å². The van der Waals surface area contributed by atoms with E-state index >= 15 is 0 Å². The molecule has 3 nitrogen and oxygen atoms in total. The molecule has 1 aromatic carbocycles. The van der Waals surface area contributed by atoms with Crippen LogP contribution in [-0.4, -0.2) is 9.78 Å². The molecule has 19 heavy (non-hydrogen) atoms. The van der Waals surface area contributed by atoms with E-state index in [0.29, 0.717) is 0 Å². The second kappa shape index (κ2) is 6.07. The Kier molecular flexibility index (Phi) is 4.66. The molecule has 0 aliphatic carbocycles. The molecule has 1 aromatic heterocycles. The highest BCUT2D eigenvalue weighted by Crippen LogP contribution is 2.22. The summed E-state index contributed by atoms with van der Waals surface area (Å²) in [4.78, 5) is 0. The van der Waals surface area contributed by atoms with Gasteiger partial charge in [-0.3, -0.25) is 4.68 Å². The maximum Gasteiger partial charge on any atom is 0.0739 e. The number of hydrogen-bond donors (Lipinski definition) is 1. The molecule has 0 fully saturated rings. The van der Waals surface area contributed by atoms with E-state index in [1.165, 1.54) is 5.56 Å². The molecule has 0 amide bonds. The smallest absolute Gasteiger partial charge is 0.0739 e. The Balaban J connectivity index is 2.06. The van der Waals surface area contributed by atoms with Crippen molar-refractivity contribution < 1.29 is 0 Å². The summed E-state index contributed by atoms with van der Waals surface area (Å²) < 4.78 is 2.97. The van der Waals surface area contributed by atoms with Crippen molar-refractivity contribution in [1.29, 1.82) is 0 Å². The maximum absolute atomic E-state index is 6.01. The predicted molar refractivity (Wildman–Crippen MR) is 82.4 cm³/mol. The van der Waals surface area contributed by atoms with Gasteiger partial charge in [0.1, 0.15) is 0 Å². The quantitative estimate of drug-likeness (QED) is 0.910. The van der Waals surface area contributed by atoms with Crippen molar-refractivity contribution in [3.8, 4) is 0 Å². The van der Waals surface area contributed by atoms with E-state index in [2.05, 4.69) is 39.3 Å². The van der Waals surface area contributed by atoms with Crippen LogP contribution in [0.1, 0.15) is 29.9 Å². The average molecular weight is 343 g/mol. The van der Waals surface area contributed by atoms with E-state index in [1.54, 1.807) is 0 Å². The van der Waals surface area contributed by atoms with Gasteiger partial charge >= 0.3 is 0 Å². The van der Waals surface area contributed by atoms with Gasteiger partial charge in [0.05, 0.1) is 15.9 Å². The van der Waals surface area contributed by atoms with E-state index in [1.807, 2.05) is 36.9 Å². The van der Waals surface area contributed by atoms with Gasteiger partial charge in [0.2, 0.25) is 0 Å². The van der Waals surface area contributed by atoms with Gasteiger partial charge in [0.15, 0.2) is 0 Å². The van der Waals surface area contributed by atoms with Crippen LogP contribution in [0.4, 0.5) is 0 Å². The number of nitrogens with zero attached hydrogens (tertiary/aromatic N) is 2. The van der Waals surface area contributed by atoms with Crippen molar-refractivity contribution in [3.05, 3.63) is 50.7 Å². The summed E-state index contributed by atoms with van der Waals surface area (Å²) in [6.07, 6.45) is 0. The van der Waals surface area contributed by atoms with Crippen LogP contribution in [0.3, 0.4) is 0 Å². The van der Waals surface area contributed by atoms with Crippen LogP contribution in [0, 0.1) is 6.92 Å². The van der Waals surface area contributed by atoms with Crippen LogP contribution in [0.2, 0.25) is 5.02 Å². The molecule has 1 unspecified atom stereocenters. The van der Waals surface area contributed by atoms with Gasteiger partial charge in [-0.2, -0.15) is 5.10 Å². The number of halogens is 2. The summed E-state index contributed by atoms with van der Waals surface area (Å²) in [5.74, 6) is 0. The van der Waals surface area contributed by atoms with Gasteiger partial charge in [0, 0.05) is 24.7 Å². The molecular formula is C14H17BrClN3. The molecule has 0 spiro atoms. The van der Waals surface area contributed by atoms with E-state index < -0.39 is 0 Å². The van der Waals surface area contributed by atoms with Crippen LogP contribution in [0.5, 0.6) is 0 Å². The van der Waals surface area contributed by atoms with Gasteiger partial charge in [-0.1, -0.05) is 23.7 Å². The molecule has 0 aliphatic rings. The van der Waals surface area contributed by atoms with Crippen LogP contribution in [0.25, 0.3) is 0 Å². The van der Waals surface area contributed by atoms with Crippen molar-refractivity contribution in [1.82, 2.24) is 15.1 Å². The lowest BCUT2D eigenvalue weighted by atomic mass is 10.1. The van der Waals surface area contributed by atoms with Gasteiger partial charge < -0.3 is 5.32 Å². The minimum absolute atomic E-state index is 0.237. The first-order valence-electron chi connectivity index (χ1n) is 6.16. The second-order valence-corrected chi connectivity index (χ2v) is 5.86. The number of nitrogens with one attached hydrogen (secondary N) is 1. The summed E-state index contributed by atoms with van der Waals surface area (Å²) in [6, 6.07) is 8.16. The molecule has 102 valence electrons. The highest BCUT2D eigenvalue weighted by Gasteiger charge is 2.12. The number of aryl methyl sites for hydroxylation is 2. The molecule has 0 saturated carbocycles. The highest BCUT2D eigenvalue weighted by atomic mass is 79.9. The molecular weight excluding hydrogens is 326 g/mol. The lowest BCUT2D eigenvalue weighted by Gasteiger charge is -2.15. The van der Waals surface area contributed by atoms with Crippen LogP contribution in [-0.2, 0) is 13.6 Å². The molecule has 0 saturated heterocycles. The standard InChI is InChI=1S/C14H17BrClN3/c1-9(11-5-4-6-12(16)7-11)17-8-13-14(15)10(2)18-19(13)3/h4-7,9,17H,8H2,1-3H3. The first-order valence-corrected chi connectivity index (χ1v) is 7.33. The second-order valence-electron chi connectivity index (χ2n) is 4.63. The Bertz CT molecular complexity index is 580. The monoisotopic (exact) mass is 341 g/mol. The highest BCUT2D eigenvalue weighted by molar-refractivity contribution is 9.10. The van der Waals surface area contributed by atoms with Crippen molar-refractivity contribution in [2.75, 3.05) is 0 Å². The van der Waals surface area contributed by atoms with Crippen molar-refractivity contribution in [2.45, 2.75) is 26.4 Å². The Morgan fingerprint density at radius 3 is 2.79 bits per heavy atom. The van der Waals surface area contributed by atoms with Gasteiger partial charge in [-0.05, 0) is 47.5 Å². The third-order valence-corrected chi connectivity index (χ3v) is 4.45. The number of hydrogen-bond acceptors (Lipinski definition) is 2. The number of rotatable bonds is 4. The van der Waals surface area contributed by atoms with Crippen molar-refractivity contribution >= 4 is 27.5 Å². The third-order valence-electron chi connectivity index (χ3n) is 3.19. The third kappa shape index (κ3) is 3.38. The summed E-state index contributed by atoms with van der Waals surface area (Å²) in [6.45, 7) is 4.88. The predicted octanol–water partition coefficient (Wildman–Crippen LogP) is 4.00. The fourth-order valence-corrected chi connectivity index (χ4v) is 2.69. The molecule has 2 aromatic rings. The molecule has 1 heterocycles. The normalized spacial score (nSPS) is 12.7. The molecule has 0 aliphatic heterocycles. The average Bonchev–Trinajstić information content (AvgIpc) is 2.61. The lowest BCUT2D eigenvalue weighted by molar-refractivity contribution is 0.547. The fourth-order valence-electron chi connectivity index (χ4n) is 2.02. The molecule has 5 heteroatoms. The summed E-state index contributed by atoms with van der Waals surface area (Å²) >= 11 is 9.59. The lowest BCUT2D eigenvalue weighted by Crippen LogP contribution is -2.20. The Hall–Kier alpha value is -0.840. The van der Waals surface area contributed by atoms with Gasteiger partial charge in [-0.15, -0.1) is 0 Å². The zero-order valence-corrected chi connectivity index (χ0v) is 13.6. The minimum atomic E-state index is 0.237. The molecule has 1 atom stereocenters. The van der Waals surface area contributed by atoms with Crippen molar-refractivity contribution in [2.24, 2.45) is 7.05 Å². The first kappa shape index (κ1) is 14.6. The number of benzene rings is 1. The topological polar surface area (TPSA) is 29.9 Å². The maximum atomic E-state index is 6.01. The SMILES string of the molecule is Cc1nn(C)c(CNC(C)c2cccc(Cl)c2)c1Br.